The van der Waals surface area contributed by atoms with Crippen LogP contribution in [0, 0.1) is 0 Å². The predicted octanol–water partition coefficient (Wildman–Crippen LogP) is 4.15. The maximum absolute atomic E-state index is 6.34. The summed E-state index contributed by atoms with van der Waals surface area (Å²) >= 11 is 1.66. The Kier molecular flexibility index (Phi) is 3.72. The Balaban J connectivity index is 1.89. The molecular formula is C17H17NOS. The second kappa shape index (κ2) is 5.65. The van der Waals surface area contributed by atoms with Gasteiger partial charge < -0.3 is 10.5 Å². The van der Waals surface area contributed by atoms with Crippen molar-refractivity contribution in [2.24, 2.45) is 5.73 Å². The Labute approximate surface area is 122 Å². The first-order valence-corrected chi connectivity index (χ1v) is 7.50. The van der Waals surface area contributed by atoms with E-state index in [1.54, 1.807) is 18.4 Å². The second-order valence-corrected chi connectivity index (χ2v) is 5.78. The Hall–Kier alpha value is -1.84. The Morgan fingerprint density at radius 3 is 2.75 bits per heavy atom. The fraction of sp³-hybridized carbons (Fsp3) is 0.176. The highest BCUT2D eigenvalue weighted by atomic mass is 32.1. The van der Waals surface area contributed by atoms with Crippen molar-refractivity contribution < 1.29 is 4.74 Å². The molecule has 1 heterocycles. The van der Waals surface area contributed by atoms with E-state index in [1.165, 1.54) is 16.3 Å². The van der Waals surface area contributed by atoms with Crippen molar-refractivity contribution in [3.8, 4) is 5.75 Å². The van der Waals surface area contributed by atoms with Crippen molar-refractivity contribution in [1.82, 2.24) is 0 Å². The van der Waals surface area contributed by atoms with Gasteiger partial charge in [0.15, 0.2) is 0 Å². The van der Waals surface area contributed by atoms with E-state index >= 15 is 0 Å². The van der Waals surface area contributed by atoms with Crippen LogP contribution in [0.25, 0.3) is 10.8 Å². The van der Waals surface area contributed by atoms with Crippen LogP contribution in [-0.4, -0.2) is 7.11 Å². The molecule has 1 atom stereocenters. The number of benzene rings is 2. The molecule has 1 aromatic heterocycles. The van der Waals surface area contributed by atoms with E-state index in [9.17, 15) is 0 Å². The maximum atomic E-state index is 6.34. The van der Waals surface area contributed by atoms with Crippen LogP contribution < -0.4 is 10.5 Å². The number of hydrogen-bond acceptors (Lipinski definition) is 3. The zero-order valence-electron chi connectivity index (χ0n) is 11.4. The average Bonchev–Trinajstić information content (AvgIpc) is 2.97. The first-order chi connectivity index (χ1) is 9.78. The summed E-state index contributed by atoms with van der Waals surface area (Å²) in [6.07, 6.45) is 0.838. The number of fused-ring (bicyclic) bond motifs is 1. The van der Waals surface area contributed by atoms with E-state index in [2.05, 4.69) is 42.5 Å². The lowest BCUT2D eigenvalue weighted by Crippen LogP contribution is -2.12. The molecule has 2 nitrogen and oxygen atoms in total. The molecular weight excluding hydrogens is 266 g/mol. The fourth-order valence-electron chi connectivity index (χ4n) is 2.44. The van der Waals surface area contributed by atoms with E-state index in [0.717, 1.165) is 17.0 Å². The molecule has 0 spiro atoms. The summed E-state index contributed by atoms with van der Waals surface area (Å²) in [5.74, 6) is 0.887. The first-order valence-electron chi connectivity index (χ1n) is 6.62. The van der Waals surface area contributed by atoms with Gasteiger partial charge in [-0.25, -0.2) is 0 Å². The second-order valence-electron chi connectivity index (χ2n) is 4.84. The highest BCUT2D eigenvalue weighted by Gasteiger charge is 2.12. The zero-order valence-corrected chi connectivity index (χ0v) is 12.2. The monoisotopic (exact) mass is 283 g/mol. The van der Waals surface area contributed by atoms with Crippen molar-refractivity contribution in [2.45, 2.75) is 12.5 Å². The molecule has 0 bridgehead atoms. The lowest BCUT2D eigenvalue weighted by atomic mass is 9.98. The van der Waals surface area contributed by atoms with Gasteiger partial charge in [-0.05, 0) is 28.8 Å². The van der Waals surface area contributed by atoms with E-state index in [0.29, 0.717) is 0 Å². The van der Waals surface area contributed by atoms with Crippen molar-refractivity contribution >= 4 is 22.1 Å². The molecule has 0 aliphatic carbocycles. The summed E-state index contributed by atoms with van der Waals surface area (Å²) < 4.78 is 5.22. The lowest BCUT2D eigenvalue weighted by molar-refractivity contribution is 0.416. The molecule has 0 saturated heterocycles. The first kappa shape index (κ1) is 13.2. The number of thiophene rings is 1. The summed E-state index contributed by atoms with van der Waals surface area (Å²) in [5, 5.41) is 4.55. The minimum atomic E-state index is 0.00899. The summed E-state index contributed by atoms with van der Waals surface area (Å²) in [4.78, 5) is 1.16. The van der Waals surface area contributed by atoms with Gasteiger partial charge >= 0.3 is 0 Å². The summed E-state index contributed by atoms with van der Waals surface area (Å²) in [5.41, 5.74) is 7.64. The largest absolute Gasteiger partial charge is 0.496 e. The minimum absolute atomic E-state index is 0.00899. The Morgan fingerprint density at radius 2 is 1.95 bits per heavy atom. The van der Waals surface area contributed by atoms with E-state index in [1.807, 2.05) is 11.4 Å². The zero-order chi connectivity index (χ0) is 13.9. The van der Waals surface area contributed by atoms with Crippen LogP contribution in [0.1, 0.15) is 16.5 Å². The molecule has 0 aliphatic heterocycles. The Morgan fingerprint density at radius 1 is 1.15 bits per heavy atom. The molecule has 0 amide bonds. The topological polar surface area (TPSA) is 35.2 Å². The molecule has 0 saturated carbocycles. The maximum Gasteiger partial charge on any atom is 0.129 e. The van der Waals surface area contributed by atoms with E-state index < -0.39 is 0 Å². The third kappa shape index (κ3) is 2.55. The van der Waals surface area contributed by atoms with Crippen molar-refractivity contribution in [1.29, 1.82) is 0 Å². The molecule has 2 N–H and O–H groups in total. The van der Waals surface area contributed by atoms with Crippen molar-refractivity contribution in [2.75, 3.05) is 7.11 Å². The molecule has 3 heteroatoms. The molecule has 20 heavy (non-hydrogen) atoms. The van der Waals surface area contributed by atoms with Crippen LogP contribution in [0.2, 0.25) is 0 Å². The fourth-order valence-corrected chi connectivity index (χ4v) is 3.30. The summed E-state index contributed by atoms with van der Waals surface area (Å²) in [6, 6.07) is 16.9. The van der Waals surface area contributed by atoms with Gasteiger partial charge in [0, 0.05) is 16.3 Å². The van der Waals surface area contributed by atoms with Crippen LogP contribution in [-0.2, 0) is 6.42 Å². The van der Waals surface area contributed by atoms with Crippen molar-refractivity contribution in [3.63, 3.8) is 0 Å². The van der Waals surface area contributed by atoms with Crippen molar-refractivity contribution in [3.05, 3.63) is 64.4 Å². The van der Waals surface area contributed by atoms with Gasteiger partial charge in [0.25, 0.3) is 0 Å². The number of rotatable bonds is 4. The SMILES string of the molecule is COc1csc(C(N)Cc2cccc3ccccc23)c1. The molecule has 3 rings (SSSR count). The Bertz CT molecular complexity index is 714. The predicted molar refractivity (Wildman–Crippen MR) is 85.5 cm³/mol. The van der Waals surface area contributed by atoms with Gasteiger partial charge in [-0.3, -0.25) is 0 Å². The molecule has 2 aromatic carbocycles. The number of ether oxygens (including phenoxy) is 1. The minimum Gasteiger partial charge on any atom is -0.496 e. The van der Waals surface area contributed by atoms with Gasteiger partial charge in [0.05, 0.1) is 7.11 Å². The molecule has 0 radical (unpaired) electrons. The van der Waals surface area contributed by atoms with Gasteiger partial charge in [0.2, 0.25) is 0 Å². The standard InChI is InChI=1S/C17H17NOS/c1-19-14-10-17(20-11-14)16(18)9-13-7-4-6-12-5-2-3-8-15(12)13/h2-8,10-11,16H,9,18H2,1H3. The smallest absolute Gasteiger partial charge is 0.129 e. The van der Waals surface area contributed by atoms with Crippen LogP contribution in [0.15, 0.2) is 53.9 Å². The molecule has 3 aromatic rings. The molecule has 1 unspecified atom stereocenters. The van der Waals surface area contributed by atoms with Crippen LogP contribution in [0.5, 0.6) is 5.75 Å². The quantitative estimate of drug-likeness (QED) is 0.780. The number of hydrogen-bond donors (Lipinski definition) is 1. The van der Waals surface area contributed by atoms with E-state index in [-0.39, 0.29) is 6.04 Å². The third-order valence-corrected chi connectivity index (χ3v) is 4.56. The van der Waals surface area contributed by atoms with Gasteiger partial charge in [-0.15, -0.1) is 11.3 Å². The highest BCUT2D eigenvalue weighted by molar-refractivity contribution is 7.10. The number of methoxy groups -OCH3 is 1. The summed E-state index contributed by atoms with van der Waals surface area (Å²) in [7, 11) is 1.68. The van der Waals surface area contributed by atoms with E-state index in [4.69, 9.17) is 10.5 Å². The van der Waals surface area contributed by atoms with Gasteiger partial charge in [-0.1, -0.05) is 42.5 Å². The highest BCUT2D eigenvalue weighted by Crippen LogP contribution is 2.29. The third-order valence-electron chi connectivity index (χ3n) is 3.52. The van der Waals surface area contributed by atoms with Crippen LogP contribution in [0.3, 0.4) is 0 Å². The molecule has 0 aliphatic rings. The van der Waals surface area contributed by atoms with Gasteiger partial charge in [-0.2, -0.15) is 0 Å². The number of nitrogens with two attached hydrogens (primary N) is 1. The molecule has 0 fully saturated rings. The summed E-state index contributed by atoms with van der Waals surface area (Å²) in [6.45, 7) is 0. The normalized spacial score (nSPS) is 12.5. The van der Waals surface area contributed by atoms with Crippen LogP contribution >= 0.6 is 11.3 Å². The average molecular weight is 283 g/mol. The van der Waals surface area contributed by atoms with Gasteiger partial charge in [0.1, 0.15) is 5.75 Å². The molecule has 102 valence electrons. The lowest BCUT2D eigenvalue weighted by Gasteiger charge is -2.12. The van der Waals surface area contributed by atoms with Crippen LogP contribution in [0.4, 0.5) is 0 Å².